The van der Waals surface area contributed by atoms with Crippen molar-refractivity contribution in [3.63, 3.8) is 0 Å². The second kappa shape index (κ2) is 18.4. The molecule has 11 heteroatoms. The van der Waals surface area contributed by atoms with Gasteiger partial charge in [-0.15, -0.1) is 0 Å². The van der Waals surface area contributed by atoms with Crippen LogP contribution < -0.4 is 18.9 Å². The summed E-state index contributed by atoms with van der Waals surface area (Å²) in [5.74, 6) is 1.01. The SMILES string of the molecule is CCC(=O)COC(C)(C)CCc1c(O)cc2c(c1OC)C(=O)CC(c1ccc(OC)c(OC)c1C/C=C(\C)CCCC(C)(C)OCC(=O)OC)O2. The Labute approximate surface area is 302 Å². The topological polar surface area (TPSA) is 136 Å². The average molecular weight is 713 g/mol. The predicted octanol–water partition coefficient (Wildman–Crippen LogP) is 7.46. The molecule has 11 nitrogen and oxygen atoms in total. The summed E-state index contributed by atoms with van der Waals surface area (Å²) in [7, 11) is 5.97. The van der Waals surface area contributed by atoms with Gasteiger partial charge in [-0.25, -0.2) is 4.79 Å². The molecular weight excluding hydrogens is 656 g/mol. The molecule has 1 atom stereocenters. The number of benzene rings is 2. The Bertz CT molecular complexity index is 1570. The van der Waals surface area contributed by atoms with Crippen LogP contribution in [0.4, 0.5) is 0 Å². The Morgan fingerprint density at radius 3 is 2.24 bits per heavy atom. The van der Waals surface area contributed by atoms with E-state index in [-0.39, 0.29) is 54.0 Å². The monoisotopic (exact) mass is 712 g/mol. The smallest absolute Gasteiger partial charge is 0.331 e. The van der Waals surface area contributed by atoms with Crippen LogP contribution in [0.15, 0.2) is 29.8 Å². The number of allylic oxidation sites excluding steroid dienone is 2. The lowest BCUT2D eigenvalue weighted by molar-refractivity contribution is -0.152. The minimum atomic E-state index is -0.653. The van der Waals surface area contributed by atoms with Gasteiger partial charge in [-0.1, -0.05) is 24.6 Å². The zero-order valence-corrected chi connectivity index (χ0v) is 32.0. The highest BCUT2D eigenvalue weighted by molar-refractivity contribution is 6.03. The van der Waals surface area contributed by atoms with Crippen LogP contribution in [0.2, 0.25) is 0 Å². The number of rotatable bonds is 20. The maximum Gasteiger partial charge on any atom is 0.331 e. The van der Waals surface area contributed by atoms with Crippen molar-refractivity contribution < 1.29 is 52.6 Å². The number of fused-ring (bicyclic) bond motifs is 1. The number of esters is 1. The lowest BCUT2D eigenvalue weighted by atomic mass is 9.88. The molecule has 1 N–H and O–H groups in total. The molecule has 1 aliphatic heterocycles. The molecular formula is C40H56O11. The summed E-state index contributed by atoms with van der Waals surface area (Å²) in [4.78, 5) is 37.2. The van der Waals surface area contributed by atoms with E-state index in [1.54, 1.807) is 27.2 Å². The maximum absolute atomic E-state index is 13.9. The van der Waals surface area contributed by atoms with Crippen molar-refractivity contribution in [3.05, 3.63) is 52.1 Å². The number of phenolic OH excluding ortho intramolecular Hbond substituents is 1. The third kappa shape index (κ3) is 11.2. The van der Waals surface area contributed by atoms with Crippen LogP contribution >= 0.6 is 0 Å². The van der Waals surface area contributed by atoms with Gasteiger partial charge in [0.25, 0.3) is 0 Å². The average Bonchev–Trinajstić information content (AvgIpc) is 3.10. The fourth-order valence-electron chi connectivity index (χ4n) is 6.08. The van der Waals surface area contributed by atoms with E-state index < -0.39 is 23.3 Å². The summed E-state index contributed by atoms with van der Waals surface area (Å²) in [5, 5.41) is 11.2. The summed E-state index contributed by atoms with van der Waals surface area (Å²) >= 11 is 0. The fourth-order valence-corrected chi connectivity index (χ4v) is 6.08. The molecule has 0 aromatic heterocycles. The molecule has 0 spiro atoms. The first kappa shape index (κ1) is 41.3. The maximum atomic E-state index is 13.9. The van der Waals surface area contributed by atoms with Crippen LogP contribution in [-0.4, -0.2) is 75.5 Å². The molecule has 0 fully saturated rings. The Balaban J connectivity index is 1.85. The third-order valence-electron chi connectivity index (χ3n) is 9.29. The Morgan fingerprint density at radius 2 is 1.61 bits per heavy atom. The number of ether oxygens (including phenoxy) is 7. The molecule has 3 rings (SSSR count). The lowest BCUT2D eigenvalue weighted by Crippen LogP contribution is -2.28. The number of ketones is 2. The number of hydrogen-bond acceptors (Lipinski definition) is 11. The zero-order valence-electron chi connectivity index (χ0n) is 32.0. The van der Waals surface area contributed by atoms with Gasteiger partial charge < -0.3 is 38.3 Å². The predicted molar refractivity (Wildman–Crippen MR) is 194 cm³/mol. The summed E-state index contributed by atoms with van der Waals surface area (Å²) < 4.78 is 39.9. The molecule has 0 bridgehead atoms. The van der Waals surface area contributed by atoms with Gasteiger partial charge in [0, 0.05) is 29.2 Å². The number of hydrogen-bond donors (Lipinski definition) is 1. The molecule has 1 heterocycles. The molecule has 0 amide bonds. The summed E-state index contributed by atoms with van der Waals surface area (Å²) in [6, 6.07) is 5.17. The number of aromatic hydroxyl groups is 1. The lowest BCUT2D eigenvalue weighted by Gasteiger charge is -2.30. The first-order chi connectivity index (χ1) is 24.1. The van der Waals surface area contributed by atoms with E-state index in [0.29, 0.717) is 42.7 Å². The highest BCUT2D eigenvalue weighted by atomic mass is 16.6. The fraction of sp³-hybridized carbons (Fsp3) is 0.575. The van der Waals surface area contributed by atoms with E-state index in [0.717, 1.165) is 36.0 Å². The van der Waals surface area contributed by atoms with Gasteiger partial charge in [0.15, 0.2) is 23.1 Å². The molecule has 0 aliphatic carbocycles. The molecule has 0 radical (unpaired) electrons. The van der Waals surface area contributed by atoms with Crippen LogP contribution in [-0.2, 0) is 36.6 Å². The standard InChI is InChI=1S/C40H56O11/c1-11-26(41)23-49-40(5,6)20-18-29-30(42)21-34-36(38(29)48-10)31(43)22-33(51-34)27-16-17-32(45-7)37(47-9)28(27)15-14-25(2)13-12-19-39(3,4)50-24-35(44)46-8/h14,16-17,21,33,42H,11-13,15,18-20,22-24H2,1-10H3/b25-14+. The van der Waals surface area contributed by atoms with Crippen LogP contribution in [0.1, 0.15) is 113 Å². The number of Topliss-reactive ketones (excluding diaryl/α,β-unsaturated/α-hetero) is 2. The van der Waals surface area contributed by atoms with Crippen molar-refractivity contribution >= 4 is 17.5 Å². The van der Waals surface area contributed by atoms with Gasteiger partial charge in [-0.3, -0.25) is 9.59 Å². The zero-order chi connectivity index (χ0) is 37.9. The largest absolute Gasteiger partial charge is 0.507 e. The van der Waals surface area contributed by atoms with Crippen LogP contribution in [0, 0.1) is 0 Å². The molecule has 2 aromatic rings. The summed E-state index contributed by atoms with van der Waals surface area (Å²) in [5.41, 5.74) is 2.42. The first-order valence-electron chi connectivity index (χ1n) is 17.5. The Morgan fingerprint density at radius 1 is 0.941 bits per heavy atom. The van der Waals surface area contributed by atoms with Gasteiger partial charge in [-0.05, 0) is 79.2 Å². The minimum absolute atomic E-state index is 0.0125. The van der Waals surface area contributed by atoms with Crippen molar-refractivity contribution in [3.8, 4) is 28.7 Å². The van der Waals surface area contributed by atoms with Crippen molar-refractivity contribution in [2.45, 2.75) is 110 Å². The molecule has 0 saturated heterocycles. The highest BCUT2D eigenvalue weighted by Gasteiger charge is 2.35. The van der Waals surface area contributed by atoms with Crippen LogP contribution in [0.5, 0.6) is 28.7 Å². The van der Waals surface area contributed by atoms with Crippen molar-refractivity contribution in [1.29, 1.82) is 0 Å². The van der Waals surface area contributed by atoms with E-state index in [1.165, 1.54) is 20.3 Å². The quantitative estimate of drug-likeness (QED) is 0.108. The molecule has 51 heavy (non-hydrogen) atoms. The highest BCUT2D eigenvalue weighted by Crippen LogP contribution is 2.47. The second-order valence-electron chi connectivity index (χ2n) is 14.1. The molecule has 282 valence electrons. The summed E-state index contributed by atoms with van der Waals surface area (Å²) in [6.45, 7) is 11.5. The van der Waals surface area contributed by atoms with Crippen molar-refractivity contribution in [2.75, 3.05) is 41.7 Å². The van der Waals surface area contributed by atoms with E-state index in [2.05, 4.69) is 17.7 Å². The van der Waals surface area contributed by atoms with Crippen LogP contribution in [0.25, 0.3) is 0 Å². The van der Waals surface area contributed by atoms with Gasteiger partial charge in [-0.2, -0.15) is 0 Å². The number of phenols is 1. The number of carbonyl (C=O) groups excluding carboxylic acids is 3. The summed E-state index contributed by atoms with van der Waals surface area (Å²) in [6.07, 6.45) is 5.69. The van der Waals surface area contributed by atoms with E-state index in [9.17, 15) is 19.5 Å². The van der Waals surface area contributed by atoms with Gasteiger partial charge in [0.2, 0.25) is 0 Å². The number of methoxy groups -OCH3 is 4. The Kier molecular flexibility index (Phi) is 14.9. The van der Waals surface area contributed by atoms with E-state index >= 15 is 0 Å². The second-order valence-corrected chi connectivity index (χ2v) is 14.1. The molecule has 0 saturated carbocycles. The normalized spacial score (nSPS) is 14.8. The third-order valence-corrected chi connectivity index (χ3v) is 9.29. The Hall–Kier alpha value is -4.09. The molecule has 1 unspecified atom stereocenters. The van der Waals surface area contributed by atoms with Crippen molar-refractivity contribution in [1.82, 2.24) is 0 Å². The number of carbonyl (C=O) groups is 3. The van der Waals surface area contributed by atoms with E-state index in [4.69, 9.17) is 28.4 Å². The van der Waals surface area contributed by atoms with E-state index in [1.807, 2.05) is 33.8 Å². The first-order valence-corrected chi connectivity index (χ1v) is 17.5. The van der Waals surface area contributed by atoms with Gasteiger partial charge >= 0.3 is 5.97 Å². The van der Waals surface area contributed by atoms with Gasteiger partial charge in [0.05, 0.1) is 46.1 Å². The minimum Gasteiger partial charge on any atom is -0.507 e. The van der Waals surface area contributed by atoms with Crippen molar-refractivity contribution in [2.24, 2.45) is 0 Å². The molecule has 1 aliphatic rings. The molecule has 2 aromatic carbocycles. The van der Waals surface area contributed by atoms with Crippen LogP contribution in [0.3, 0.4) is 0 Å². The van der Waals surface area contributed by atoms with Gasteiger partial charge in [0.1, 0.15) is 42.1 Å².